The van der Waals surface area contributed by atoms with E-state index in [9.17, 15) is 8.42 Å². The number of aromatic nitrogens is 2. The van der Waals surface area contributed by atoms with Crippen LogP contribution >= 0.6 is 0 Å². The number of ether oxygens (including phenoxy) is 2. The van der Waals surface area contributed by atoms with Crippen molar-refractivity contribution in [2.24, 2.45) is 0 Å². The summed E-state index contributed by atoms with van der Waals surface area (Å²) in [4.78, 5) is 11.3. The molecule has 164 valence electrons. The normalized spacial score (nSPS) is 14.6. The molecule has 10 heteroatoms. The van der Waals surface area contributed by atoms with E-state index in [2.05, 4.69) is 24.9 Å². The quantitative estimate of drug-likeness (QED) is 0.574. The van der Waals surface area contributed by atoms with Crippen molar-refractivity contribution in [3.63, 3.8) is 0 Å². The molecule has 2 heterocycles. The highest BCUT2D eigenvalue weighted by molar-refractivity contribution is 7.89. The Morgan fingerprint density at radius 3 is 2.60 bits per heavy atom. The van der Waals surface area contributed by atoms with Crippen LogP contribution in [0.5, 0.6) is 5.75 Å². The molecule has 2 N–H and O–H groups in total. The molecule has 0 bridgehead atoms. The fourth-order valence-corrected chi connectivity index (χ4v) is 4.28. The summed E-state index contributed by atoms with van der Waals surface area (Å²) in [5.74, 6) is 2.86. The summed E-state index contributed by atoms with van der Waals surface area (Å²) < 4.78 is 38.6. The molecule has 0 saturated carbocycles. The van der Waals surface area contributed by atoms with Gasteiger partial charge in [0.05, 0.1) is 24.7 Å². The summed E-state index contributed by atoms with van der Waals surface area (Å²) in [7, 11) is -3.60. The van der Waals surface area contributed by atoms with Gasteiger partial charge in [-0.1, -0.05) is 0 Å². The molecule has 1 aliphatic heterocycles. The third-order valence-electron chi connectivity index (χ3n) is 4.64. The zero-order chi connectivity index (χ0) is 21.6. The third-order valence-corrected chi connectivity index (χ3v) is 6.10. The molecule has 9 nitrogen and oxygen atoms in total. The van der Waals surface area contributed by atoms with Crippen molar-refractivity contribution < 1.29 is 17.9 Å². The summed E-state index contributed by atoms with van der Waals surface area (Å²) in [5, 5.41) is 3.17. The van der Waals surface area contributed by atoms with Gasteiger partial charge in [-0.2, -0.15) is 0 Å². The first-order chi connectivity index (χ1) is 14.4. The van der Waals surface area contributed by atoms with Crippen molar-refractivity contribution in [2.75, 3.05) is 56.2 Å². The maximum Gasteiger partial charge on any atom is 0.240 e. The SMILES string of the molecule is CCOc1ccc(S(=O)(=O)NCCNc2cc(N3CCOCC3)nc(C)n2)cc1C. The number of hydrogen-bond donors (Lipinski definition) is 2. The molecular weight excluding hydrogens is 406 g/mol. The average Bonchev–Trinajstić information content (AvgIpc) is 2.73. The minimum atomic E-state index is -3.60. The zero-order valence-electron chi connectivity index (χ0n) is 17.6. The van der Waals surface area contributed by atoms with Crippen molar-refractivity contribution in [3.8, 4) is 5.75 Å². The first-order valence-corrected chi connectivity index (χ1v) is 11.5. The van der Waals surface area contributed by atoms with E-state index in [0.29, 0.717) is 43.8 Å². The predicted octanol–water partition coefficient (Wildman–Crippen LogP) is 1.72. The average molecular weight is 436 g/mol. The van der Waals surface area contributed by atoms with E-state index in [0.717, 1.165) is 24.5 Å². The van der Waals surface area contributed by atoms with Crippen LogP contribution in [0, 0.1) is 13.8 Å². The number of morpholine rings is 1. The summed E-state index contributed by atoms with van der Waals surface area (Å²) >= 11 is 0. The zero-order valence-corrected chi connectivity index (χ0v) is 18.5. The van der Waals surface area contributed by atoms with E-state index in [-0.39, 0.29) is 11.4 Å². The number of benzene rings is 1. The highest BCUT2D eigenvalue weighted by Gasteiger charge is 2.16. The lowest BCUT2D eigenvalue weighted by Gasteiger charge is -2.28. The van der Waals surface area contributed by atoms with Crippen molar-refractivity contribution in [1.29, 1.82) is 0 Å². The number of nitrogens with zero attached hydrogens (tertiary/aromatic N) is 3. The first kappa shape index (κ1) is 22.3. The van der Waals surface area contributed by atoms with Gasteiger partial charge in [-0.25, -0.2) is 23.1 Å². The maximum atomic E-state index is 12.6. The molecule has 1 aromatic heterocycles. The fraction of sp³-hybridized carbons (Fsp3) is 0.500. The van der Waals surface area contributed by atoms with E-state index in [1.807, 2.05) is 26.8 Å². The van der Waals surface area contributed by atoms with E-state index < -0.39 is 10.0 Å². The second kappa shape index (κ2) is 10.1. The topological polar surface area (TPSA) is 106 Å². The smallest absolute Gasteiger partial charge is 0.240 e. The Hall–Kier alpha value is -2.43. The molecule has 3 rings (SSSR count). The van der Waals surface area contributed by atoms with Crippen molar-refractivity contribution in [1.82, 2.24) is 14.7 Å². The van der Waals surface area contributed by atoms with Crippen LogP contribution in [0.15, 0.2) is 29.2 Å². The van der Waals surface area contributed by atoms with Crippen molar-refractivity contribution in [2.45, 2.75) is 25.7 Å². The number of nitrogens with one attached hydrogen (secondary N) is 2. The molecule has 0 unspecified atom stereocenters. The Bertz CT molecular complexity index is 962. The van der Waals surface area contributed by atoms with Gasteiger partial charge in [0.15, 0.2) is 0 Å². The summed E-state index contributed by atoms with van der Waals surface area (Å²) in [6, 6.07) is 6.73. The maximum absolute atomic E-state index is 12.6. The Morgan fingerprint density at radius 1 is 1.13 bits per heavy atom. The number of rotatable bonds is 9. The Balaban J connectivity index is 1.56. The fourth-order valence-electron chi connectivity index (χ4n) is 3.16. The summed E-state index contributed by atoms with van der Waals surface area (Å²) in [5.41, 5.74) is 0.782. The van der Waals surface area contributed by atoms with Gasteiger partial charge in [0.2, 0.25) is 10.0 Å². The molecule has 1 fully saturated rings. The van der Waals surface area contributed by atoms with Crippen LogP contribution in [0.25, 0.3) is 0 Å². The largest absolute Gasteiger partial charge is 0.494 e. The van der Waals surface area contributed by atoms with Crippen molar-refractivity contribution in [3.05, 3.63) is 35.7 Å². The van der Waals surface area contributed by atoms with Crippen LogP contribution in [0.2, 0.25) is 0 Å². The minimum absolute atomic E-state index is 0.218. The number of hydrogen-bond acceptors (Lipinski definition) is 8. The second-order valence-corrected chi connectivity index (χ2v) is 8.71. The number of anilines is 2. The van der Waals surface area contributed by atoms with Gasteiger partial charge < -0.3 is 19.7 Å². The summed E-state index contributed by atoms with van der Waals surface area (Å²) in [6.45, 7) is 9.65. The van der Waals surface area contributed by atoms with Gasteiger partial charge in [-0.3, -0.25) is 0 Å². The molecule has 1 aromatic carbocycles. The minimum Gasteiger partial charge on any atom is -0.494 e. The Morgan fingerprint density at radius 2 is 1.90 bits per heavy atom. The predicted molar refractivity (Wildman–Crippen MR) is 116 cm³/mol. The highest BCUT2D eigenvalue weighted by atomic mass is 32.2. The summed E-state index contributed by atoms with van der Waals surface area (Å²) in [6.07, 6.45) is 0. The monoisotopic (exact) mass is 435 g/mol. The Labute approximate surface area is 177 Å². The number of aryl methyl sites for hydroxylation is 2. The van der Waals surface area contributed by atoms with Gasteiger partial charge in [0.25, 0.3) is 0 Å². The second-order valence-electron chi connectivity index (χ2n) is 6.94. The van der Waals surface area contributed by atoms with Crippen LogP contribution < -0.4 is 19.7 Å². The lowest BCUT2D eigenvalue weighted by molar-refractivity contribution is 0.122. The molecule has 0 atom stereocenters. The molecular formula is C20H29N5O4S. The molecule has 30 heavy (non-hydrogen) atoms. The molecule has 1 aliphatic rings. The molecule has 0 amide bonds. The van der Waals surface area contributed by atoms with Crippen LogP contribution in [0.3, 0.4) is 0 Å². The van der Waals surface area contributed by atoms with E-state index >= 15 is 0 Å². The third kappa shape index (κ3) is 5.80. The van der Waals surface area contributed by atoms with E-state index in [4.69, 9.17) is 9.47 Å². The van der Waals surface area contributed by atoms with Gasteiger partial charge >= 0.3 is 0 Å². The lowest BCUT2D eigenvalue weighted by Crippen LogP contribution is -2.37. The van der Waals surface area contributed by atoms with Gasteiger partial charge in [-0.05, 0) is 44.5 Å². The Kier molecular flexibility index (Phi) is 7.46. The van der Waals surface area contributed by atoms with Gasteiger partial charge in [0, 0.05) is 32.2 Å². The van der Waals surface area contributed by atoms with Crippen LogP contribution in [0.4, 0.5) is 11.6 Å². The van der Waals surface area contributed by atoms with Crippen LogP contribution in [-0.4, -0.2) is 64.4 Å². The van der Waals surface area contributed by atoms with E-state index in [1.165, 1.54) is 0 Å². The molecule has 0 radical (unpaired) electrons. The van der Waals surface area contributed by atoms with Gasteiger partial charge in [-0.15, -0.1) is 0 Å². The van der Waals surface area contributed by atoms with E-state index in [1.54, 1.807) is 18.2 Å². The first-order valence-electron chi connectivity index (χ1n) is 10.0. The lowest BCUT2D eigenvalue weighted by atomic mass is 10.2. The molecule has 0 aliphatic carbocycles. The molecule has 2 aromatic rings. The standard InChI is InChI=1S/C20H29N5O4S/c1-4-29-18-6-5-17(13-15(18)2)30(26,27)22-8-7-21-19-14-20(24-16(3)23-19)25-9-11-28-12-10-25/h5-6,13-14,22H,4,7-12H2,1-3H3,(H,21,23,24). The highest BCUT2D eigenvalue weighted by Crippen LogP contribution is 2.22. The van der Waals surface area contributed by atoms with Crippen LogP contribution in [-0.2, 0) is 14.8 Å². The van der Waals surface area contributed by atoms with Crippen molar-refractivity contribution >= 4 is 21.7 Å². The molecule has 1 saturated heterocycles. The van der Waals surface area contributed by atoms with Gasteiger partial charge in [0.1, 0.15) is 23.2 Å². The number of sulfonamides is 1. The molecule has 0 spiro atoms. The van der Waals surface area contributed by atoms with Crippen LogP contribution in [0.1, 0.15) is 18.3 Å².